The topological polar surface area (TPSA) is 86.2 Å². The number of amides is 2. The van der Waals surface area contributed by atoms with Crippen LogP contribution in [0.4, 0.5) is 0 Å². The maximum absolute atomic E-state index is 10.5. The molecule has 4 nitrogen and oxygen atoms in total. The molecule has 0 saturated carbocycles. The summed E-state index contributed by atoms with van der Waals surface area (Å²) in [7, 11) is 0. The lowest BCUT2D eigenvalue weighted by atomic mass is 10.1. The molecule has 0 rings (SSSR count). The molecule has 27 heavy (non-hydrogen) atoms. The summed E-state index contributed by atoms with van der Waals surface area (Å²) >= 11 is 0. The minimum absolute atomic E-state index is 0.158. The van der Waals surface area contributed by atoms with Crippen LogP contribution in [0.25, 0.3) is 0 Å². The number of primary amides is 2. The molecule has 0 heterocycles. The molecule has 0 unspecified atom stereocenters. The summed E-state index contributed by atoms with van der Waals surface area (Å²) in [4.78, 5) is 20.8. The van der Waals surface area contributed by atoms with Gasteiger partial charge in [0.05, 0.1) is 0 Å². The predicted molar refractivity (Wildman–Crippen MR) is 117 cm³/mol. The predicted octanol–water partition coefficient (Wildman–Crippen LogP) is 6.40. The molecule has 0 aromatic rings. The zero-order valence-corrected chi connectivity index (χ0v) is 18.4. The van der Waals surface area contributed by atoms with Crippen molar-refractivity contribution in [1.29, 1.82) is 0 Å². The maximum Gasteiger partial charge on any atom is 0.217 e. The second-order valence-electron chi connectivity index (χ2n) is 7.74. The molecule has 162 valence electrons. The van der Waals surface area contributed by atoms with Crippen LogP contribution in [0.3, 0.4) is 0 Å². The summed E-state index contributed by atoms with van der Waals surface area (Å²) in [6.45, 7) is 4.46. The quantitative estimate of drug-likeness (QED) is 0.253. The van der Waals surface area contributed by atoms with E-state index < -0.39 is 0 Å². The van der Waals surface area contributed by atoms with Crippen LogP contribution < -0.4 is 11.5 Å². The van der Waals surface area contributed by atoms with Crippen LogP contribution in [0.1, 0.15) is 136 Å². The van der Waals surface area contributed by atoms with Gasteiger partial charge in [-0.2, -0.15) is 0 Å². The summed E-state index contributed by atoms with van der Waals surface area (Å²) in [5.41, 5.74) is 10.1. The van der Waals surface area contributed by atoms with Crippen molar-refractivity contribution >= 4 is 11.8 Å². The molecule has 0 fully saturated rings. The maximum atomic E-state index is 10.5. The van der Waals surface area contributed by atoms with Crippen molar-refractivity contribution in [2.24, 2.45) is 11.5 Å². The van der Waals surface area contributed by atoms with Crippen LogP contribution in [0, 0.1) is 0 Å². The monoisotopic (exact) mass is 384 g/mol. The fourth-order valence-corrected chi connectivity index (χ4v) is 3.04. The van der Waals surface area contributed by atoms with Gasteiger partial charge in [-0.1, -0.05) is 110 Å². The van der Waals surface area contributed by atoms with E-state index in [4.69, 9.17) is 11.5 Å². The van der Waals surface area contributed by atoms with Gasteiger partial charge in [0.1, 0.15) is 0 Å². The molecule has 0 aliphatic carbocycles. The van der Waals surface area contributed by atoms with E-state index in [1.165, 1.54) is 83.5 Å². The van der Waals surface area contributed by atoms with Crippen LogP contribution >= 0.6 is 0 Å². The Kier molecular flexibility index (Phi) is 26.0. The van der Waals surface area contributed by atoms with Gasteiger partial charge in [0, 0.05) is 12.8 Å². The first kappa shape index (κ1) is 28.2. The first-order chi connectivity index (χ1) is 13.0. The molecule has 0 aliphatic heterocycles. The normalized spacial score (nSPS) is 10.3. The van der Waals surface area contributed by atoms with Crippen LogP contribution in [-0.4, -0.2) is 11.8 Å². The first-order valence-corrected chi connectivity index (χ1v) is 11.6. The molecule has 0 saturated heterocycles. The molecular formula is C23H48N2O2. The third-order valence-corrected chi connectivity index (χ3v) is 4.80. The van der Waals surface area contributed by atoms with Crippen molar-refractivity contribution in [3.63, 3.8) is 0 Å². The van der Waals surface area contributed by atoms with Gasteiger partial charge in [-0.25, -0.2) is 0 Å². The fourth-order valence-electron chi connectivity index (χ4n) is 3.04. The molecule has 4 heteroatoms. The number of nitrogens with two attached hydrogens (primary N) is 2. The third-order valence-electron chi connectivity index (χ3n) is 4.80. The highest BCUT2D eigenvalue weighted by atomic mass is 16.1. The van der Waals surface area contributed by atoms with E-state index in [-0.39, 0.29) is 11.8 Å². The average Bonchev–Trinajstić information content (AvgIpc) is 2.62. The Morgan fingerprint density at radius 1 is 0.444 bits per heavy atom. The van der Waals surface area contributed by atoms with E-state index in [2.05, 4.69) is 13.8 Å². The molecule has 0 aromatic heterocycles. The van der Waals surface area contributed by atoms with E-state index in [0.29, 0.717) is 12.8 Å². The molecule has 2 amide bonds. The number of unbranched alkanes of at least 4 members (excludes halogenated alkanes) is 15. The summed E-state index contributed by atoms with van der Waals surface area (Å²) < 4.78 is 0. The number of carbonyl (C=O) groups excluding carboxylic acids is 2. The zero-order chi connectivity index (χ0) is 20.6. The summed E-state index contributed by atoms with van der Waals surface area (Å²) in [6.07, 6.45) is 22.8. The van der Waals surface area contributed by atoms with E-state index in [1.54, 1.807) is 0 Å². The van der Waals surface area contributed by atoms with Gasteiger partial charge >= 0.3 is 0 Å². The van der Waals surface area contributed by atoms with Gasteiger partial charge in [-0.05, 0) is 12.8 Å². The number of hydrogen-bond acceptors (Lipinski definition) is 2. The number of hydrogen-bond donors (Lipinski definition) is 2. The van der Waals surface area contributed by atoms with E-state index in [0.717, 1.165) is 25.7 Å². The van der Waals surface area contributed by atoms with Crippen molar-refractivity contribution < 1.29 is 9.59 Å². The minimum atomic E-state index is -0.163. The van der Waals surface area contributed by atoms with Gasteiger partial charge in [-0.3, -0.25) is 9.59 Å². The molecule has 0 atom stereocenters. The second-order valence-corrected chi connectivity index (χ2v) is 7.74. The van der Waals surface area contributed by atoms with Gasteiger partial charge in [-0.15, -0.1) is 0 Å². The summed E-state index contributed by atoms with van der Waals surface area (Å²) in [6, 6.07) is 0. The van der Waals surface area contributed by atoms with Crippen molar-refractivity contribution in [2.75, 3.05) is 0 Å². The highest BCUT2D eigenvalue weighted by Crippen LogP contribution is 2.11. The van der Waals surface area contributed by atoms with E-state index in [9.17, 15) is 9.59 Å². The molecule has 0 aliphatic rings. The molecule has 0 spiro atoms. The Labute approximate surface area is 169 Å². The van der Waals surface area contributed by atoms with Crippen molar-refractivity contribution in [1.82, 2.24) is 0 Å². The average molecular weight is 385 g/mol. The lowest BCUT2D eigenvalue weighted by Gasteiger charge is -2.01. The molecule has 0 radical (unpaired) electrons. The fraction of sp³-hybridized carbons (Fsp3) is 0.913. The highest BCUT2D eigenvalue weighted by molar-refractivity contribution is 5.73. The van der Waals surface area contributed by atoms with Crippen molar-refractivity contribution in [3.05, 3.63) is 0 Å². The SMILES string of the molecule is CCCCCCCCCC(N)=O.CCCCCCCCCCCCC(N)=O. The van der Waals surface area contributed by atoms with E-state index in [1.807, 2.05) is 0 Å². The second kappa shape index (κ2) is 24.9. The lowest BCUT2D eigenvalue weighted by molar-refractivity contribution is -0.119. The lowest BCUT2D eigenvalue weighted by Crippen LogP contribution is -2.09. The van der Waals surface area contributed by atoms with Crippen LogP contribution in [-0.2, 0) is 9.59 Å². The number of rotatable bonds is 19. The zero-order valence-electron chi connectivity index (χ0n) is 18.4. The van der Waals surface area contributed by atoms with E-state index >= 15 is 0 Å². The molecular weight excluding hydrogens is 336 g/mol. The standard InChI is InChI=1S/C13H27NO.C10H21NO/c1-2-3-4-5-6-7-8-9-10-11-12-13(14)15;1-2-3-4-5-6-7-8-9-10(11)12/h2-12H2,1H3,(H2,14,15);2-9H2,1H3,(H2,11,12). The summed E-state index contributed by atoms with van der Waals surface area (Å²) in [5, 5.41) is 0. The van der Waals surface area contributed by atoms with Gasteiger partial charge in [0.15, 0.2) is 0 Å². The smallest absolute Gasteiger partial charge is 0.217 e. The minimum Gasteiger partial charge on any atom is -0.370 e. The van der Waals surface area contributed by atoms with Gasteiger partial charge in [0.25, 0.3) is 0 Å². The molecule has 0 aromatic carbocycles. The van der Waals surface area contributed by atoms with Gasteiger partial charge < -0.3 is 11.5 Å². The van der Waals surface area contributed by atoms with Crippen LogP contribution in [0.2, 0.25) is 0 Å². The highest BCUT2D eigenvalue weighted by Gasteiger charge is 1.95. The summed E-state index contributed by atoms with van der Waals surface area (Å²) in [5.74, 6) is -0.321. The number of carbonyl (C=O) groups is 2. The Bertz CT molecular complexity index is 320. The Morgan fingerprint density at radius 3 is 0.889 bits per heavy atom. The van der Waals surface area contributed by atoms with Crippen LogP contribution in [0.5, 0.6) is 0 Å². The molecule has 0 bridgehead atoms. The third kappa shape index (κ3) is 33.0. The Morgan fingerprint density at radius 2 is 0.667 bits per heavy atom. The molecule has 4 N–H and O–H groups in total. The first-order valence-electron chi connectivity index (χ1n) is 11.6. The largest absolute Gasteiger partial charge is 0.370 e. The Balaban J connectivity index is 0. The Hall–Kier alpha value is -1.06. The van der Waals surface area contributed by atoms with Crippen molar-refractivity contribution in [3.8, 4) is 0 Å². The van der Waals surface area contributed by atoms with Crippen LogP contribution in [0.15, 0.2) is 0 Å². The van der Waals surface area contributed by atoms with Gasteiger partial charge in [0.2, 0.25) is 11.8 Å². The van der Waals surface area contributed by atoms with Crippen molar-refractivity contribution in [2.45, 2.75) is 136 Å².